The van der Waals surface area contributed by atoms with Crippen LogP contribution in [0.15, 0.2) is 53.7 Å². The number of aromatic amines is 2. The number of nitrogens with zero attached hydrogens (tertiary/aromatic N) is 5. The second-order valence-corrected chi connectivity index (χ2v) is 14.3. The predicted octanol–water partition coefficient (Wildman–Crippen LogP) is 5.69. The molecule has 0 bridgehead atoms. The number of ether oxygens (including phenoxy) is 1. The minimum atomic E-state index is -0.688. The molecule has 2 saturated heterocycles. The van der Waals surface area contributed by atoms with Crippen LogP contribution >= 0.6 is 0 Å². The molecule has 3 amide bonds. The number of aromatic nitrogens is 4. The van der Waals surface area contributed by atoms with E-state index in [9.17, 15) is 14.4 Å². The maximum atomic E-state index is 13.5. The van der Waals surface area contributed by atoms with Gasteiger partial charge in [0.2, 0.25) is 18.2 Å². The number of carbonyl (C=O) groups excluding carboxylic acids is 3. The van der Waals surface area contributed by atoms with Crippen molar-refractivity contribution in [3.63, 3.8) is 0 Å². The Labute approximate surface area is 315 Å². The highest BCUT2D eigenvalue weighted by Gasteiger charge is 2.38. The lowest BCUT2D eigenvalue weighted by atomic mass is 10.0. The third-order valence-electron chi connectivity index (χ3n) is 9.97. The van der Waals surface area contributed by atoms with E-state index >= 15 is 0 Å². The summed E-state index contributed by atoms with van der Waals surface area (Å²) in [5, 5.41) is 2.69. The molecule has 14 nitrogen and oxygen atoms in total. The van der Waals surface area contributed by atoms with E-state index in [0.29, 0.717) is 18.9 Å². The first kappa shape index (κ1) is 38.1. The van der Waals surface area contributed by atoms with Crippen molar-refractivity contribution >= 4 is 35.3 Å². The van der Waals surface area contributed by atoms with Gasteiger partial charge in [0.05, 0.1) is 43.0 Å². The van der Waals surface area contributed by atoms with Crippen LogP contribution in [-0.2, 0) is 24.1 Å². The van der Waals surface area contributed by atoms with Crippen LogP contribution in [0, 0.1) is 23.7 Å². The number of hydrogen-bond acceptors (Lipinski definition) is 9. The summed E-state index contributed by atoms with van der Waals surface area (Å²) in [6.07, 6.45) is 5.72. The van der Waals surface area contributed by atoms with Crippen LogP contribution < -0.4 is 5.32 Å². The zero-order chi connectivity index (χ0) is 38.4. The Morgan fingerprint density at radius 2 is 1.56 bits per heavy atom. The number of hydrogen-bond donors (Lipinski definition) is 3. The number of likely N-dealkylation sites (tertiary alicyclic amines) is 2. The summed E-state index contributed by atoms with van der Waals surface area (Å²) in [7, 11) is 2.68. The quantitative estimate of drug-likeness (QED) is 0.0581. The Morgan fingerprint density at radius 3 is 2.22 bits per heavy atom. The van der Waals surface area contributed by atoms with Gasteiger partial charge in [-0.15, -0.1) is 0 Å². The van der Waals surface area contributed by atoms with Crippen molar-refractivity contribution in [2.75, 3.05) is 27.3 Å². The van der Waals surface area contributed by atoms with Crippen LogP contribution in [0.1, 0.15) is 88.2 Å². The summed E-state index contributed by atoms with van der Waals surface area (Å²) < 4.78 is 4.75. The smallest absolute Gasteiger partial charge is 0.407 e. The van der Waals surface area contributed by atoms with E-state index in [4.69, 9.17) is 19.6 Å². The van der Waals surface area contributed by atoms with E-state index in [0.717, 1.165) is 64.9 Å². The van der Waals surface area contributed by atoms with Gasteiger partial charge in [-0.3, -0.25) is 9.59 Å². The van der Waals surface area contributed by atoms with E-state index in [1.165, 1.54) is 20.6 Å². The average Bonchev–Trinajstić information content (AvgIpc) is 4.00. The van der Waals surface area contributed by atoms with Crippen molar-refractivity contribution in [1.82, 2.24) is 35.1 Å². The number of carbonyl (C=O) groups is 3. The normalized spacial score (nSPS) is 18.3. The van der Waals surface area contributed by atoms with E-state index in [-0.39, 0.29) is 35.7 Å². The topological polar surface area (TPSA) is 167 Å². The Hall–Kier alpha value is -5.68. The molecule has 4 heterocycles. The average molecular weight is 737 g/mol. The molecule has 0 radical (unpaired) electrons. The number of fused-ring (bicyclic) bond motifs is 1. The predicted molar refractivity (Wildman–Crippen MR) is 203 cm³/mol. The molecule has 0 saturated carbocycles. The molecule has 2 aromatic carbocycles. The number of nitrogens with one attached hydrogen (secondary N) is 3. The molecule has 4 aromatic rings. The maximum absolute atomic E-state index is 13.5. The number of rotatable bonds is 11. The van der Waals surface area contributed by atoms with Gasteiger partial charge in [0.15, 0.2) is 0 Å². The van der Waals surface area contributed by atoms with Crippen molar-refractivity contribution in [2.24, 2.45) is 16.8 Å². The van der Waals surface area contributed by atoms with Gasteiger partial charge < -0.3 is 34.7 Å². The molecule has 0 aliphatic carbocycles. The molecule has 2 aliphatic rings. The van der Waals surface area contributed by atoms with Gasteiger partial charge in [-0.05, 0) is 67.9 Å². The number of methoxy groups -OCH3 is 1. The third-order valence-corrected chi connectivity index (χ3v) is 9.97. The fourth-order valence-corrected chi connectivity index (χ4v) is 7.12. The largest absolute Gasteiger partial charge is 0.453 e. The molecule has 6 rings (SSSR count). The molecule has 2 fully saturated rings. The Bertz CT molecular complexity index is 2040. The molecule has 284 valence electrons. The summed E-state index contributed by atoms with van der Waals surface area (Å²) in [6, 6.07) is 12.1. The Kier molecular flexibility index (Phi) is 12.0. The summed E-state index contributed by atoms with van der Waals surface area (Å²) in [5.74, 6) is 7.65. The van der Waals surface area contributed by atoms with Gasteiger partial charge in [-0.2, -0.15) is 4.89 Å². The van der Waals surface area contributed by atoms with Crippen molar-refractivity contribution in [3.8, 4) is 23.1 Å². The van der Waals surface area contributed by atoms with Gasteiger partial charge in [0.1, 0.15) is 23.7 Å². The second-order valence-electron chi connectivity index (χ2n) is 14.3. The molecule has 3 N–H and O–H groups in total. The molecule has 0 spiro atoms. The third kappa shape index (κ3) is 8.42. The lowest BCUT2D eigenvalue weighted by Gasteiger charge is -2.29. The molecule has 54 heavy (non-hydrogen) atoms. The first-order valence-electron chi connectivity index (χ1n) is 18.4. The SMILES string of the molecule is COO/C=N\[C@H](C(=O)N1CCC[C@H]1c1nc2cc(C#Cc3ccc(-c4c[nH]c([C@@H]5CCCN5C(=O)[C@H](NC(=O)OC)C(C)C)n4)cc3)ccc2[nH]1)C(C)C. The highest BCUT2D eigenvalue weighted by molar-refractivity contribution is 5.86. The summed E-state index contributed by atoms with van der Waals surface area (Å²) in [5.41, 5.74) is 5.03. The number of alkyl carbamates (subject to hydrolysis) is 1. The number of benzene rings is 2. The van der Waals surface area contributed by atoms with Gasteiger partial charge in [-0.25, -0.2) is 19.8 Å². The monoisotopic (exact) mass is 736 g/mol. The molecule has 0 unspecified atom stereocenters. The van der Waals surface area contributed by atoms with Crippen LogP contribution in [-0.4, -0.2) is 93.4 Å². The molecule has 14 heteroatoms. The fraction of sp³-hybridized carbons (Fsp3) is 0.450. The molecule has 4 atom stereocenters. The summed E-state index contributed by atoms with van der Waals surface area (Å²) in [6.45, 7) is 8.94. The first-order chi connectivity index (χ1) is 26.1. The minimum Gasteiger partial charge on any atom is -0.453 e. The van der Waals surface area contributed by atoms with Crippen LogP contribution in [0.3, 0.4) is 0 Å². The zero-order valence-electron chi connectivity index (χ0n) is 31.6. The standard InChI is InChI=1S/C40H48N8O6/c1-24(2)34(42-23-54-53-6)38(49)48-20-8-10-33(48)37-43-29-18-15-27(21-30(29)44-37)12-11-26-13-16-28(17-14-26)31-22-41-36(45-31)32-9-7-19-47(32)39(50)35(25(3)4)46-40(51)52-5/h13-18,21-25,32-35H,7-10,19-20H2,1-6H3,(H,41,45)(H,43,44)(H,46,51)/b42-23-/t32-,33-,34-,35+/m0/s1. The van der Waals surface area contributed by atoms with Crippen molar-refractivity contribution in [3.05, 3.63) is 71.4 Å². The molecular formula is C40H48N8O6. The minimum absolute atomic E-state index is 0.0175. The zero-order valence-corrected chi connectivity index (χ0v) is 31.6. The molecule has 2 aliphatic heterocycles. The second kappa shape index (κ2) is 17.0. The van der Waals surface area contributed by atoms with Crippen LogP contribution in [0.25, 0.3) is 22.3 Å². The number of H-pyrrole nitrogens is 2. The number of amides is 3. The van der Waals surface area contributed by atoms with Crippen molar-refractivity contribution < 1.29 is 28.9 Å². The van der Waals surface area contributed by atoms with Gasteiger partial charge >= 0.3 is 6.09 Å². The van der Waals surface area contributed by atoms with Crippen molar-refractivity contribution in [1.29, 1.82) is 0 Å². The summed E-state index contributed by atoms with van der Waals surface area (Å²) >= 11 is 0. The van der Waals surface area contributed by atoms with Gasteiger partial charge in [0, 0.05) is 36.0 Å². The summed E-state index contributed by atoms with van der Waals surface area (Å²) in [4.78, 5) is 72.8. The van der Waals surface area contributed by atoms with E-state index < -0.39 is 18.2 Å². The van der Waals surface area contributed by atoms with Crippen LogP contribution in [0.4, 0.5) is 4.79 Å². The number of imidazole rings is 2. The van der Waals surface area contributed by atoms with Crippen LogP contribution in [0.5, 0.6) is 0 Å². The highest BCUT2D eigenvalue weighted by Crippen LogP contribution is 2.34. The van der Waals surface area contributed by atoms with Crippen LogP contribution in [0.2, 0.25) is 0 Å². The maximum Gasteiger partial charge on any atom is 0.407 e. The van der Waals surface area contributed by atoms with E-state index in [1.807, 2.05) is 81.3 Å². The fourth-order valence-electron chi connectivity index (χ4n) is 7.12. The molecule has 2 aromatic heterocycles. The lowest BCUT2D eigenvalue weighted by molar-refractivity contribution is -0.188. The Morgan fingerprint density at radius 1 is 0.889 bits per heavy atom. The van der Waals surface area contributed by atoms with Gasteiger partial charge in [0.25, 0.3) is 0 Å². The lowest BCUT2D eigenvalue weighted by Crippen LogP contribution is -2.51. The molecular weight excluding hydrogens is 688 g/mol. The number of aliphatic imine (C=N–C) groups is 1. The van der Waals surface area contributed by atoms with Gasteiger partial charge in [-0.1, -0.05) is 51.7 Å². The Balaban J connectivity index is 1.12. The van der Waals surface area contributed by atoms with Crippen molar-refractivity contribution in [2.45, 2.75) is 77.5 Å². The highest BCUT2D eigenvalue weighted by atomic mass is 17.2. The van der Waals surface area contributed by atoms with E-state index in [1.54, 1.807) is 4.90 Å². The first-order valence-corrected chi connectivity index (χ1v) is 18.4. The van der Waals surface area contributed by atoms with E-state index in [2.05, 4.69) is 37.0 Å².